The van der Waals surface area contributed by atoms with Gasteiger partial charge in [0.1, 0.15) is 11.4 Å². The van der Waals surface area contributed by atoms with Gasteiger partial charge >= 0.3 is 5.97 Å². The number of hydrogen-bond donors (Lipinski definition) is 0. The lowest BCUT2D eigenvalue weighted by molar-refractivity contribution is -0.154. The lowest BCUT2D eigenvalue weighted by atomic mass is 9.93. The summed E-state index contributed by atoms with van der Waals surface area (Å²) >= 11 is 0. The predicted molar refractivity (Wildman–Crippen MR) is 64.9 cm³/mol. The van der Waals surface area contributed by atoms with Crippen molar-refractivity contribution in [1.29, 1.82) is 0 Å². The molecule has 0 bridgehead atoms. The largest absolute Gasteiger partial charge is 0.451 e. The molecule has 0 fully saturated rings. The van der Waals surface area contributed by atoms with Crippen LogP contribution in [0, 0.1) is 5.82 Å². The van der Waals surface area contributed by atoms with E-state index >= 15 is 0 Å². The minimum atomic E-state index is -0.746. The van der Waals surface area contributed by atoms with Crippen molar-refractivity contribution in [3.63, 3.8) is 0 Å². The highest BCUT2D eigenvalue weighted by molar-refractivity contribution is 5.87. The smallest absolute Gasteiger partial charge is 0.333 e. The van der Waals surface area contributed by atoms with Crippen LogP contribution in [0.25, 0.3) is 0 Å². The number of halogens is 1. The highest BCUT2D eigenvalue weighted by Crippen LogP contribution is 2.29. The number of rotatable bonds is 4. The molecule has 1 atom stereocenters. The summed E-state index contributed by atoms with van der Waals surface area (Å²) in [5.41, 5.74) is 0.381. The van der Waals surface area contributed by atoms with Crippen LogP contribution in [0.15, 0.2) is 36.4 Å². The summed E-state index contributed by atoms with van der Waals surface area (Å²) in [5, 5.41) is 0. The van der Waals surface area contributed by atoms with Gasteiger partial charge in [0.15, 0.2) is 0 Å². The minimum absolute atomic E-state index is 0.307. The van der Waals surface area contributed by atoms with Crippen LogP contribution in [0.2, 0.25) is 0 Å². The molecule has 92 valence electrons. The van der Waals surface area contributed by atoms with Gasteiger partial charge in [-0.05, 0) is 38.0 Å². The first-order chi connectivity index (χ1) is 7.89. The second kappa shape index (κ2) is 5.13. The summed E-state index contributed by atoms with van der Waals surface area (Å²) in [6, 6.07) is 5.98. The molecule has 0 radical (unpaired) electrons. The van der Waals surface area contributed by atoms with E-state index in [0.29, 0.717) is 12.0 Å². The van der Waals surface area contributed by atoms with Crippen LogP contribution in [-0.4, -0.2) is 5.97 Å². The first kappa shape index (κ1) is 13.4. The summed E-state index contributed by atoms with van der Waals surface area (Å²) in [4.78, 5) is 11.6. The third kappa shape index (κ3) is 3.16. The first-order valence-electron chi connectivity index (χ1n) is 5.54. The summed E-state index contributed by atoms with van der Waals surface area (Å²) in [6.45, 7) is 8.87. The molecule has 0 amide bonds. The Morgan fingerprint density at radius 2 is 1.94 bits per heavy atom. The molecular weight excluding hydrogens is 219 g/mol. The van der Waals surface area contributed by atoms with E-state index in [0.717, 1.165) is 5.56 Å². The molecule has 17 heavy (non-hydrogen) atoms. The second-order valence-corrected chi connectivity index (χ2v) is 4.26. The van der Waals surface area contributed by atoms with Crippen molar-refractivity contribution in [3.8, 4) is 0 Å². The van der Waals surface area contributed by atoms with Gasteiger partial charge in [-0.1, -0.05) is 25.6 Å². The normalized spacial score (nSPS) is 13.9. The fourth-order valence-corrected chi connectivity index (χ4v) is 1.43. The SMILES string of the molecule is C=C(C)C(=O)OC(C)(CC)c1ccc(F)cc1. The number of carbonyl (C=O) groups is 1. The van der Waals surface area contributed by atoms with E-state index in [1.54, 1.807) is 26.0 Å². The first-order valence-corrected chi connectivity index (χ1v) is 5.54. The maximum absolute atomic E-state index is 12.8. The number of hydrogen-bond acceptors (Lipinski definition) is 2. The van der Waals surface area contributed by atoms with Crippen LogP contribution in [0.1, 0.15) is 32.8 Å². The van der Waals surface area contributed by atoms with Gasteiger partial charge in [0.2, 0.25) is 0 Å². The molecule has 0 aliphatic rings. The van der Waals surface area contributed by atoms with E-state index in [2.05, 4.69) is 6.58 Å². The van der Waals surface area contributed by atoms with Crippen molar-refractivity contribution in [3.05, 3.63) is 47.8 Å². The average Bonchev–Trinajstić information content (AvgIpc) is 2.29. The summed E-state index contributed by atoms with van der Waals surface area (Å²) in [5.74, 6) is -0.739. The van der Waals surface area contributed by atoms with Crippen LogP contribution < -0.4 is 0 Å². The van der Waals surface area contributed by atoms with Gasteiger partial charge < -0.3 is 4.74 Å². The van der Waals surface area contributed by atoms with E-state index in [9.17, 15) is 9.18 Å². The van der Waals surface area contributed by atoms with Gasteiger partial charge in [-0.2, -0.15) is 0 Å². The Labute approximate surface area is 101 Å². The zero-order chi connectivity index (χ0) is 13.1. The number of ether oxygens (including phenoxy) is 1. The average molecular weight is 236 g/mol. The van der Waals surface area contributed by atoms with Gasteiger partial charge in [-0.15, -0.1) is 0 Å². The quantitative estimate of drug-likeness (QED) is 0.590. The molecule has 3 heteroatoms. The number of carbonyl (C=O) groups excluding carboxylic acids is 1. The fraction of sp³-hybridized carbons (Fsp3) is 0.357. The van der Waals surface area contributed by atoms with Crippen molar-refractivity contribution >= 4 is 5.97 Å². The van der Waals surface area contributed by atoms with Gasteiger partial charge in [0, 0.05) is 5.57 Å². The Hall–Kier alpha value is -1.64. The maximum atomic E-state index is 12.8. The van der Waals surface area contributed by atoms with Crippen LogP contribution in [0.3, 0.4) is 0 Å². The van der Waals surface area contributed by atoms with Crippen molar-refractivity contribution in [2.75, 3.05) is 0 Å². The summed E-state index contributed by atoms with van der Waals surface area (Å²) in [7, 11) is 0. The summed E-state index contributed by atoms with van der Waals surface area (Å²) in [6.07, 6.45) is 0.609. The molecule has 1 aromatic rings. The monoisotopic (exact) mass is 236 g/mol. The Balaban J connectivity index is 2.99. The van der Waals surface area contributed by atoms with Crippen LogP contribution >= 0.6 is 0 Å². The molecule has 0 heterocycles. The topological polar surface area (TPSA) is 26.3 Å². The van der Waals surface area contributed by atoms with Crippen molar-refractivity contribution in [2.45, 2.75) is 32.8 Å². The van der Waals surface area contributed by atoms with Crippen molar-refractivity contribution < 1.29 is 13.9 Å². The van der Waals surface area contributed by atoms with E-state index in [1.165, 1.54) is 12.1 Å². The molecule has 0 aromatic heterocycles. The molecule has 1 unspecified atom stereocenters. The van der Waals surface area contributed by atoms with E-state index in [4.69, 9.17) is 4.74 Å². The standard InChI is InChI=1S/C14H17FO2/c1-5-14(4,17-13(16)10(2)3)11-6-8-12(15)9-7-11/h6-9H,2,5H2,1,3-4H3. The second-order valence-electron chi connectivity index (χ2n) is 4.26. The van der Waals surface area contributed by atoms with Gasteiger partial charge in [-0.3, -0.25) is 0 Å². The van der Waals surface area contributed by atoms with Gasteiger partial charge in [-0.25, -0.2) is 9.18 Å². The maximum Gasteiger partial charge on any atom is 0.333 e. The van der Waals surface area contributed by atoms with Crippen molar-refractivity contribution in [1.82, 2.24) is 0 Å². The molecule has 0 saturated carbocycles. The number of esters is 1. The van der Waals surface area contributed by atoms with Crippen LogP contribution in [-0.2, 0) is 15.1 Å². The molecule has 1 rings (SSSR count). The molecule has 2 nitrogen and oxygen atoms in total. The Morgan fingerprint density at radius 3 is 2.35 bits per heavy atom. The van der Waals surface area contributed by atoms with Crippen LogP contribution in [0.4, 0.5) is 4.39 Å². The van der Waals surface area contributed by atoms with E-state index < -0.39 is 11.6 Å². The fourth-order valence-electron chi connectivity index (χ4n) is 1.43. The molecule has 0 N–H and O–H groups in total. The molecule has 0 aliphatic carbocycles. The molecular formula is C14H17FO2. The zero-order valence-electron chi connectivity index (χ0n) is 10.4. The van der Waals surface area contributed by atoms with Crippen molar-refractivity contribution in [2.24, 2.45) is 0 Å². The lowest BCUT2D eigenvalue weighted by Crippen LogP contribution is -2.28. The third-order valence-corrected chi connectivity index (χ3v) is 2.80. The Bertz CT molecular complexity index is 422. The molecule has 1 aromatic carbocycles. The van der Waals surface area contributed by atoms with E-state index in [1.807, 2.05) is 6.92 Å². The predicted octanol–water partition coefficient (Wildman–Crippen LogP) is 3.57. The number of benzene rings is 1. The highest BCUT2D eigenvalue weighted by Gasteiger charge is 2.29. The third-order valence-electron chi connectivity index (χ3n) is 2.80. The highest BCUT2D eigenvalue weighted by atomic mass is 19.1. The minimum Gasteiger partial charge on any atom is -0.451 e. The molecule has 0 spiro atoms. The Kier molecular flexibility index (Phi) is 4.05. The summed E-state index contributed by atoms with van der Waals surface area (Å²) < 4.78 is 18.3. The van der Waals surface area contributed by atoms with Crippen LogP contribution in [0.5, 0.6) is 0 Å². The van der Waals surface area contributed by atoms with Gasteiger partial charge in [0.05, 0.1) is 0 Å². The molecule has 0 saturated heterocycles. The van der Waals surface area contributed by atoms with Gasteiger partial charge in [0.25, 0.3) is 0 Å². The lowest BCUT2D eigenvalue weighted by Gasteiger charge is -2.29. The molecule has 0 aliphatic heterocycles. The zero-order valence-corrected chi connectivity index (χ0v) is 10.4. The Morgan fingerprint density at radius 1 is 1.41 bits per heavy atom. The van der Waals surface area contributed by atoms with E-state index in [-0.39, 0.29) is 5.82 Å².